The molecule has 0 aliphatic rings. The van der Waals surface area contributed by atoms with Gasteiger partial charge >= 0.3 is 0 Å². The number of sulfonamides is 1. The predicted molar refractivity (Wildman–Crippen MR) is 81.3 cm³/mol. The largest absolute Gasteiger partial charge is 0.397 e. The van der Waals surface area contributed by atoms with Gasteiger partial charge in [-0.15, -0.1) is 0 Å². The fourth-order valence-electron chi connectivity index (χ4n) is 1.93. The lowest BCUT2D eigenvalue weighted by molar-refractivity contribution is 0.301. The third-order valence-electron chi connectivity index (χ3n) is 3.07. The van der Waals surface area contributed by atoms with Crippen molar-refractivity contribution in [1.29, 1.82) is 0 Å². The highest BCUT2D eigenvalue weighted by molar-refractivity contribution is 7.89. The molecule has 6 nitrogen and oxygen atoms in total. The van der Waals surface area contributed by atoms with Crippen molar-refractivity contribution in [1.82, 2.24) is 4.72 Å². The van der Waals surface area contributed by atoms with Gasteiger partial charge in [-0.2, -0.15) is 0 Å². The van der Waals surface area contributed by atoms with Crippen molar-refractivity contribution in [3.63, 3.8) is 0 Å². The highest BCUT2D eigenvalue weighted by atomic mass is 32.2. The van der Waals surface area contributed by atoms with Crippen LogP contribution >= 0.6 is 0 Å². The molecule has 0 spiro atoms. The van der Waals surface area contributed by atoms with E-state index in [2.05, 4.69) is 11.6 Å². The Morgan fingerprint density at radius 1 is 1.35 bits per heavy atom. The topological polar surface area (TPSA) is 95.7 Å². The molecule has 0 fully saturated rings. The average Bonchev–Trinajstić information content (AvgIpc) is 2.43. The summed E-state index contributed by atoms with van der Waals surface area (Å²) < 4.78 is 25.7. The van der Waals surface area contributed by atoms with E-state index in [0.717, 1.165) is 25.1 Å². The Labute approximate surface area is 120 Å². The fraction of sp³-hybridized carbons (Fsp3) is 0.538. The molecule has 4 N–H and O–H groups in total. The third kappa shape index (κ3) is 4.09. The molecular formula is C13H23N3O3S. The minimum absolute atomic E-state index is 0.0275. The zero-order valence-corrected chi connectivity index (χ0v) is 12.8. The Morgan fingerprint density at radius 2 is 2.05 bits per heavy atom. The van der Waals surface area contributed by atoms with Crippen LogP contribution in [0, 0.1) is 0 Å². The van der Waals surface area contributed by atoms with E-state index in [1.807, 2.05) is 4.90 Å². The zero-order chi connectivity index (χ0) is 15.2. The van der Waals surface area contributed by atoms with Gasteiger partial charge in [0, 0.05) is 13.1 Å². The second-order valence-electron chi connectivity index (χ2n) is 4.49. The van der Waals surface area contributed by atoms with Crippen LogP contribution in [0.2, 0.25) is 0 Å². The van der Waals surface area contributed by atoms with Crippen molar-refractivity contribution in [3.05, 3.63) is 18.2 Å². The lowest BCUT2D eigenvalue weighted by atomic mass is 10.2. The minimum Gasteiger partial charge on any atom is -0.397 e. The van der Waals surface area contributed by atoms with Crippen LogP contribution in [0.25, 0.3) is 0 Å². The maximum Gasteiger partial charge on any atom is 0.240 e. The van der Waals surface area contributed by atoms with Gasteiger partial charge in [-0.25, -0.2) is 13.1 Å². The van der Waals surface area contributed by atoms with Crippen LogP contribution in [0.5, 0.6) is 0 Å². The van der Waals surface area contributed by atoms with Crippen LogP contribution in [0.4, 0.5) is 11.4 Å². The van der Waals surface area contributed by atoms with Gasteiger partial charge in [0.25, 0.3) is 0 Å². The molecule has 1 aromatic carbocycles. The standard InChI is InChI=1S/C13H23N3O3S/c1-3-4-7-16(8-9-17)13-6-5-11(10-12(13)14)20(18,19)15-2/h5-6,10,15,17H,3-4,7-9,14H2,1-2H3. The number of hydrogen-bond acceptors (Lipinski definition) is 5. The number of nitrogens with zero attached hydrogens (tertiary/aromatic N) is 1. The van der Waals surface area contributed by atoms with Crippen LogP contribution < -0.4 is 15.4 Å². The summed E-state index contributed by atoms with van der Waals surface area (Å²) in [5, 5.41) is 9.12. The number of unbranched alkanes of at least 4 members (excludes halogenated alkanes) is 1. The van der Waals surface area contributed by atoms with E-state index < -0.39 is 10.0 Å². The SMILES string of the molecule is CCCCN(CCO)c1ccc(S(=O)(=O)NC)cc1N. The summed E-state index contributed by atoms with van der Waals surface area (Å²) in [6.07, 6.45) is 2.02. The lowest BCUT2D eigenvalue weighted by Gasteiger charge is -2.25. The molecule has 0 amide bonds. The van der Waals surface area contributed by atoms with Crippen molar-refractivity contribution in [2.24, 2.45) is 0 Å². The highest BCUT2D eigenvalue weighted by Gasteiger charge is 2.15. The fourth-order valence-corrected chi connectivity index (χ4v) is 2.69. The second kappa shape index (κ2) is 7.47. The first-order chi connectivity index (χ1) is 9.46. The van der Waals surface area contributed by atoms with Gasteiger partial charge in [-0.3, -0.25) is 0 Å². The van der Waals surface area contributed by atoms with E-state index in [0.29, 0.717) is 12.2 Å². The summed E-state index contributed by atoms with van der Waals surface area (Å²) >= 11 is 0. The first-order valence-corrected chi connectivity index (χ1v) is 8.13. The minimum atomic E-state index is -3.49. The molecule has 0 aromatic heterocycles. The molecule has 20 heavy (non-hydrogen) atoms. The number of hydrogen-bond donors (Lipinski definition) is 3. The van der Waals surface area contributed by atoms with Crippen LogP contribution in [-0.4, -0.2) is 40.3 Å². The van der Waals surface area contributed by atoms with Crippen molar-refractivity contribution in [2.75, 3.05) is 37.4 Å². The van der Waals surface area contributed by atoms with Gasteiger partial charge in [-0.05, 0) is 31.7 Å². The quantitative estimate of drug-likeness (QED) is 0.617. The number of rotatable bonds is 8. The van der Waals surface area contributed by atoms with E-state index in [4.69, 9.17) is 10.8 Å². The first kappa shape index (κ1) is 16.7. The van der Waals surface area contributed by atoms with Crippen molar-refractivity contribution in [2.45, 2.75) is 24.7 Å². The molecule has 0 aliphatic heterocycles. The third-order valence-corrected chi connectivity index (χ3v) is 4.48. The lowest BCUT2D eigenvalue weighted by Crippen LogP contribution is -2.28. The van der Waals surface area contributed by atoms with Gasteiger partial charge in [0.05, 0.1) is 22.9 Å². The Morgan fingerprint density at radius 3 is 2.55 bits per heavy atom. The van der Waals surface area contributed by atoms with Crippen LogP contribution in [0.3, 0.4) is 0 Å². The van der Waals surface area contributed by atoms with Crippen LogP contribution in [0.15, 0.2) is 23.1 Å². The Balaban J connectivity index is 3.06. The number of nitrogen functional groups attached to an aromatic ring is 1. The molecule has 0 radical (unpaired) electrons. The molecule has 7 heteroatoms. The van der Waals surface area contributed by atoms with E-state index in [1.165, 1.54) is 19.2 Å². The molecule has 0 bridgehead atoms. The molecule has 0 heterocycles. The summed E-state index contributed by atoms with van der Waals surface area (Å²) in [7, 11) is -2.13. The number of benzene rings is 1. The normalized spacial score (nSPS) is 11.6. The zero-order valence-electron chi connectivity index (χ0n) is 12.0. The molecule has 0 saturated carbocycles. The molecule has 0 saturated heterocycles. The van der Waals surface area contributed by atoms with Crippen LogP contribution in [-0.2, 0) is 10.0 Å². The number of nitrogens with one attached hydrogen (secondary N) is 1. The molecular weight excluding hydrogens is 278 g/mol. The summed E-state index contributed by atoms with van der Waals surface area (Å²) in [5.74, 6) is 0. The number of aliphatic hydroxyl groups excluding tert-OH is 1. The summed E-state index contributed by atoms with van der Waals surface area (Å²) in [5.41, 5.74) is 7.11. The molecule has 1 rings (SSSR count). The Bertz CT molecular complexity index is 532. The number of aliphatic hydroxyl groups is 1. The van der Waals surface area contributed by atoms with Gasteiger partial charge in [0.1, 0.15) is 0 Å². The van der Waals surface area contributed by atoms with Gasteiger partial charge in [0.2, 0.25) is 10.0 Å². The van der Waals surface area contributed by atoms with Crippen molar-refractivity contribution < 1.29 is 13.5 Å². The van der Waals surface area contributed by atoms with Crippen molar-refractivity contribution >= 4 is 21.4 Å². The summed E-state index contributed by atoms with van der Waals surface area (Å²) in [6.45, 7) is 3.37. The van der Waals surface area contributed by atoms with Gasteiger partial charge in [0.15, 0.2) is 0 Å². The Kier molecular flexibility index (Phi) is 6.25. The summed E-state index contributed by atoms with van der Waals surface area (Å²) in [6, 6.07) is 4.65. The second-order valence-corrected chi connectivity index (χ2v) is 6.38. The maximum absolute atomic E-state index is 11.7. The monoisotopic (exact) mass is 301 g/mol. The van der Waals surface area contributed by atoms with Gasteiger partial charge < -0.3 is 15.7 Å². The first-order valence-electron chi connectivity index (χ1n) is 6.65. The molecule has 0 unspecified atom stereocenters. The van der Waals surface area contributed by atoms with E-state index >= 15 is 0 Å². The van der Waals surface area contributed by atoms with Crippen LogP contribution in [0.1, 0.15) is 19.8 Å². The highest BCUT2D eigenvalue weighted by Crippen LogP contribution is 2.26. The van der Waals surface area contributed by atoms with E-state index in [-0.39, 0.29) is 11.5 Å². The number of nitrogens with two attached hydrogens (primary N) is 1. The molecule has 1 aromatic rings. The van der Waals surface area contributed by atoms with Gasteiger partial charge in [-0.1, -0.05) is 13.3 Å². The molecule has 114 valence electrons. The van der Waals surface area contributed by atoms with Crippen molar-refractivity contribution in [3.8, 4) is 0 Å². The van der Waals surface area contributed by atoms with E-state index in [9.17, 15) is 8.42 Å². The Hall–Kier alpha value is -1.31. The van der Waals surface area contributed by atoms with E-state index in [1.54, 1.807) is 6.07 Å². The average molecular weight is 301 g/mol. The molecule has 0 aliphatic carbocycles. The maximum atomic E-state index is 11.7. The molecule has 0 atom stereocenters. The number of anilines is 2. The predicted octanol–water partition coefficient (Wildman–Crippen LogP) is 0.776. The smallest absolute Gasteiger partial charge is 0.240 e. The summed E-state index contributed by atoms with van der Waals surface area (Å²) in [4.78, 5) is 2.11.